The Hall–Kier alpha value is -1.75. The molecule has 5 nitrogen and oxygen atoms in total. The molecule has 114 valence electrons. The molecule has 3 rings (SSSR count). The third-order valence-corrected chi connectivity index (χ3v) is 4.07. The lowest BCUT2D eigenvalue weighted by atomic mass is 9.99. The SMILES string of the molecule is CN(C[C@H]1CCCNC1)C(=O)c1cccc2c1OCCO2. The highest BCUT2D eigenvalue weighted by molar-refractivity contribution is 5.97. The summed E-state index contributed by atoms with van der Waals surface area (Å²) in [4.78, 5) is 14.5. The molecule has 5 heteroatoms. The molecule has 1 aromatic carbocycles. The van der Waals surface area contributed by atoms with Gasteiger partial charge in [0, 0.05) is 13.6 Å². The van der Waals surface area contributed by atoms with Crippen molar-refractivity contribution in [2.24, 2.45) is 5.92 Å². The van der Waals surface area contributed by atoms with Gasteiger partial charge in [-0.2, -0.15) is 0 Å². The normalized spacial score (nSPS) is 20.9. The van der Waals surface area contributed by atoms with Crippen molar-refractivity contribution in [3.05, 3.63) is 23.8 Å². The summed E-state index contributed by atoms with van der Waals surface area (Å²) in [6.45, 7) is 3.88. The summed E-state index contributed by atoms with van der Waals surface area (Å²) >= 11 is 0. The van der Waals surface area contributed by atoms with E-state index < -0.39 is 0 Å². The maximum atomic E-state index is 12.7. The number of piperidine rings is 1. The fraction of sp³-hybridized carbons (Fsp3) is 0.562. The number of para-hydroxylation sites is 1. The zero-order valence-corrected chi connectivity index (χ0v) is 12.4. The van der Waals surface area contributed by atoms with Gasteiger partial charge >= 0.3 is 0 Å². The zero-order chi connectivity index (χ0) is 14.7. The molecule has 2 aliphatic heterocycles. The van der Waals surface area contributed by atoms with E-state index in [-0.39, 0.29) is 5.91 Å². The molecule has 1 fully saturated rings. The molecule has 2 aliphatic rings. The summed E-state index contributed by atoms with van der Waals surface area (Å²) in [7, 11) is 1.86. The topological polar surface area (TPSA) is 50.8 Å². The Morgan fingerprint density at radius 3 is 3.05 bits per heavy atom. The summed E-state index contributed by atoms with van der Waals surface area (Å²) in [5.41, 5.74) is 0.596. The number of carbonyl (C=O) groups excluding carboxylic acids is 1. The predicted molar refractivity (Wildman–Crippen MR) is 80.0 cm³/mol. The van der Waals surface area contributed by atoms with Gasteiger partial charge in [0.2, 0.25) is 0 Å². The van der Waals surface area contributed by atoms with Crippen molar-refractivity contribution in [2.75, 3.05) is 39.9 Å². The first-order valence-electron chi connectivity index (χ1n) is 7.60. The van der Waals surface area contributed by atoms with Crippen LogP contribution >= 0.6 is 0 Å². The van der Waals surface area contributed by atoms with Crippen molar-refractivity contribution in [1.82, 2.24) is 10.2 Å². The molecule has 1 atom stereocenters. The van der Waals surface area contributed by atoms with Crippen LogP contribution < -0.4 is 14.8 Å². The van der Waals surface area contributed by atoms with Crippen molar-refractivity contribution in [3.63, 3.8) is 0 Å². The first-order chi connectivity index (χ1) is 10.3. The smallest absolute Gasteiger partial charge is 0.257 e. The monoisotopic (exact) mass is 290 g/mol. The van der Waals surface area contributed by atoms with Crippen LogP contribution in [0.3, 0.4) is 0 Å². The van der Waals surface area contributed by atoms with E-state index >= 15 is 0 Å². The second kappa shape index (κ2) is 6.35. The summed E-state index contributed by atoms with van der Waals surface area (Å²) in [5.74, 6) is 1.79. The van der Waals surface area contributed by atoms with Gasteiger partial charge in [-0.3, -0.25) is 4.79 Å². The highest BCUT2D eigenvalue weighted by Crippen LogP contribution is 2.34. The zero-order valence-electron chi connectivity index (χ0n) is 12.4. The van der Waals surface area contributed by atoms with Crippen LogP contribution in [-0.2, 0) is 0 Å². The van der Waals surface area contributed by atoms with Crippen LogP contribution in [0.4, 0.5) is 0 Å². The number of nitrogens with one attached hydrogen (secondary N) is 1. The standard InChI is InChI=1S/C16H22N2O3/c1-18(11-12-4-3-7-17-10-12)16(19)13-5-2-6-14-15(13)21-9-8-20-14/h2,5-6,12,17H,3-4,7-11H2,1H3/t12-/m0/s1. The van der Waals surface area contributed by atoms with Gasteiger partial charge in [0.05, 0.1) is 5.56 Å². The molecule has 0 radical (unpaired) electrons. The molecule has 1 N–H and O–H groups in total. The van der Waals surface area contributed by atoms with Crippen LogP contribution in [0.1, 0.15) is 23.2 Å². The minimum Gasteiger partial charge on any atom is -0.486 e. The molecule has 1 amide bonds. The Labute approximate surface area is 125 Å². The molecule has 1 saturated heterocycles. The molecule has 1 aromatic rings. The highest BCUT2D eigenvalue weighted by atomic mass is 16.6. The second-order valence-corrected chi connectivity index (χ2v) is 5.73. The van der Waals surface area contributed by atoms with Gasteiger partial charge in [-0.05, 0) is 44.0 Å². The van der Waals surface area contributed by atoms with Crippen molar-refractivity contribution >= 4 is 5.91 Å². The van der Waals surface area contributed by atoms with Gasteiger partial charge in [0.1, 0.15) is 13.2 Å². The van der Waals surface area contributed by atoms with Gasteiger partial charge in [0.25, 0.3) is 5.91 Å². The van der Waals surface area contributed by atoms with Gasteiger partial charge in [0.15, 0.2) is 11.5 Å². The van der Waals surface area contributed by atoms with E-state index in [1.165, 1.54) is 12.8 Å². The first kappa shape index (κ1) is 14.2. The maximum absolute atomic E-state index is 12.7. The van der Waals surface area contributed by atoms with E-state index in [2.05, 4.69) is 5.32 Å². The number of amides is 1. The lowest BCUT2D eigenvalue weighted by molar-refractivity contribution is 0.0754. The van der Waals surface area contributed by atoms with Gasteiger partial charge in [-0.1, -0.05) is 6.07 Å². The molecule has 0 aromatic heterocycles. The average molecular weight is 290 g/mol. The Bertz CT molecular complexity index is 512. The summed E-state index contributed by atoms with van der Waals surface area (Å²) in [5, 5.41) is 3.39. The minimum absolute atomic E-state index is 0.00271. The number of carbonyl (C=O) groups is 1. The van der Waals surface area contributed by atoms with Crippen LogP contribution in [-0.4, -0.2) is 50.7 Å². The largest absolute Gasteiger partial charge is 0.486 e. The van der Waals surface area contributed by atoms with Gasteiger partial charge in [-0.15, -0.1) is 0 Å². The molecule has 0 aliphatic carbocycles. The molecule has 0 spiro atoms. The van der Waals surface area contributed by atoms with Crippen LogP contribution in [0.15, 0.2) is 18.2 Å². The number of hydrogen-bond donors (Lipinski definition) is 1. The Balaban J connectivity index is 1.72. The molecule has 0 unspecified atom stereocenters. The van der Waals surface area contributed by atoms with Gasteiger partial charge in [-0.25, -0.2) is 0 Å². The fourth-order valence-electron chi connectivity index (χ4n) is 3.00. The van der Waals surface area contributed by atoms with Crippen molar-refractivity contribution in [1.29, 1.82) is 0 Å². The number of benzene rings is 1. The lowest BCUT2D eigenvalue weighted by Gasteiger charge is -2.28. The van der Waals surface area contributed by atoms with Crippen LogP contribution in [0, 0.1) is 5.92 Å². The van der Waals surface area contributed by atoms with E-state index in [0.29, 0.717) is 36.2 Å². The third kappa shape index (κ3) is 3.13. The summed E-state index contributed by atoms with van der Waals surface area (Å²) in [6.07, 6.45) is 2.36. The average Bonchev–Trinajstić information content (AvgIpc) is 2.54. The van der Waals surface area contributed by atoms with E-state index in [9.17, 15) is 4.79 Å². The van der Waals surface area contributed by atoms with Crippen molar-refractivity contribution in [3.8, 4) is 11.5 Å². The van der Waals surface area contributed by atoms with E-state index in [1.807, 2.05) is 25.2 Å². The number of hydrogen-bond acceptors (Lipinski definition) is 4. The molecule has 2 heterocycles. The van der Waals surface area contributed by atoms with Crippen LogP contribution in [0.5, 0.6) is 11.5 Å². The van der Waals surface area contributed by atoms with Crippen molar-refractivity contribution in [2.45, 2.75) is 12.8 Å². The highest BCUT2D eigenvalue weighted by Gasteiger charge is 2.24. The fourth-order valence-corrected chi connectivity index (χ4v) is 3.00. The molecule has 21 heavy (non-hydrogen) atoms. The minimum atomic E-state index is 0.00271. The lowest BCUT2D eigenvalue weighted by Crippen LogP contribution is -2.39. The Kier molecular flexibility index (Phi) is 4.29. The summed E-state index contributed by atoms with van der Waals surface area (Å²) in [6, 6.07) is 5.50. The Morgan fingerprint density at radius 2 is 2.24 bits per heavy atom. The molecule has 0 bridgehead atoms. The van der Waals surface area contributed by atoms with Crippen molar-refractivity contribution < 1.29 is 14.3 Å². The Morgan fingerprint density at radius 1 is 1.38 bits per heavy atom. The maximum Gasteiger partial charge on any atom is 0.257 e. The number of fused-ring (bicyclic) bond motifs is 1. The van der Waals surface area contributed by atoms with Gasteiger partial charge < -0.3 is 19.7 Å². The van der Waals surface area contributed by atoms with E-state index in [4.69, 9.17) is 9.47 Å². The van der Waals surface area contributed by atoms with E-state index in [0.717, 1.165) is 19.6 Å². The number of rotatable bonds is 3. The molecular formula is C16H22N2O3. The quantitative estimate of drug-likeness (QED) is 0.917. The first-order valence-corrected chi connectivity index (χ1v) is 7.60. The molecular weight excluding hydrogens is 268 g/mol. The van der Waals surface area contributed by atoms with Crippen LogP contribution in [0.25, 0.3) is 0 Å². The second-order valence-electron chi connectivity index (χ2n) is 5.73. The third-order valence-electron chi connectivity index (χ3n) is 4.07. The predicted octanol–water partition coefficient (Wildman–Crippen LogP) is 1.53. The van der Waals surface area contributed by atoms with E-state index in [1.54, 1.807) is 4.90 Å². The number of nitrogens with zero attached hydrogens (tertiary/aromatic N) is 1. The number of ether oxygens (including phenoxy) is 2. The molecule has 0 saturated carbocycles. The van der Waals surface area contributed by atoms with Crippen LogP contribution in [0.2, 0.25) is 0 Å². The summed E-state index contributed by atoms with van der Waals surface area (Å²) < 4.78 is 11.2.